The number of benzene rings is 1. The monoisotopic (exact) mass is 245 g/mol. The lowest BCUT2D eigenvalue weighted by molar-refractivity contribution is -0.131. The van der Waals surface area contributed by atoms with Gasteiger partial charge in [-0.2, -0.15) is 0 Å². The number of hydrogen-bond acceptors (Lipinski definition) is 2. The lowest BCUT2D eigenvalue weighted by Gasteiger charge is -2.31. The molecule has 2 nitrogen and oxygen atoms in total. The largest absolute Gasteiger partial charge is 0.297 e. The van der Waals surface area contributed by atoms with E-state index in [1.54, 1.807) is 0 Å². The van der Waals surface area contributed by atoms with Crippen LogP contribution in [0.2, 0.25) is 0 Å². The summed E-state index contributed by atoms with van der Waals surface area (Å²) in [6, 6.07) is 10.1. The first-order valence-corrected chi connectivity index (χ1v) is 6.83. The van der Waals surface area contributed by atoms with Crippen molar-refractivity contribution in [2.24, 2.45) is 5.41 Å². The zero-order chi connectivity index (χ0) is 13.2. The van der Waals surface area contributed by atoms with Crippen LogP contribution in [-0.4, -0.2) is 23.8 Å². The second-order valence-electron chi connectivity index (χ2n) is 6.17. The van der Waals surface area contributed by atoms with Gasteiger partial charge in [0, 0.05) is 5.41 Å². The molecule has 0 aromatic heterocycles. The normalized spacial score (nSPS) is 18.8. The summed E-state index contributed by atoms with van der Waals surface area (Å²) in [5.74, 6) is 0.329. The summed E-state index contributed by atoms with van der Waals surface area (Å²) in [5, 5.41) is 0. The van der Waals surface area contributed by atoms with Crippen LogP contribution in [0.4, 0.5) is 0 Å². The maximum atomic E-state index is 12.7. The van der Waals surface area contributed by atoms with Gasteiger partial charge in [-0.3, -0.25) is 9.69 Å². The van der Waals surface area contributed by atoms with E-state index >= 15 is 0 Å². The molecule has 0 saturated carbocycles. The zero-order valence-corrected chi connectivity index (χ0v) is 11.6. The van der Waals surface area contributed by atoms with E-state index in [2.05, 4.69) is 17.0 Å². The van der Waals surface area contributed by atoms with Crippen molar-refractivity contribution in [2.75, 3.05) is 13.1 Å². The Morgan fingerprint density at radius 3 is 2.17 bits per heavy atom. The van der Waals surface area contributed by atoms with E-state index in [9.17, 15) is 4.79 Å². The predicted molar refractivity (Wildman–Crippen MR) is 74.5 cm³/mol. The second kappa shape index (κ2) is 5.23. The molecule has 1 saturated heterocycles. The lowest BCUT2D eigenvalue weighted by Crippen LogP contribution is -2.38. The van der Waals surface area contributed by atoms with E-state index in [0.717, 1.165) is 18.7 Å². The quantitative estimate of drug-likeness (QED) is 0.813. The van der Waals surface area contributed by atoms with Gasteiger partial charge in [-0.15, -0.1) is 0 Å². The van der Waals surface area contributed by atoms with Crippen molar-refractivity contribution in [1.82, 2.24) is 4.90 Å². The number of hydrogen-bond donors (Lipinski definition) is 0. The molecule has 0 bridgehead atoms. The van der Waals surface area contributed by atoms with Crippen LogP contribution in [0.15, 0.2) is 30.3 Å². The molecule has 1 heterocycles. The van der Waals surface area contributed by atoms with E-state index < -0.39 is 0 Å². The molecule has 0 aliphatic carbocycles. The summed E-state index contributed by atoms with van der Waals surface area (Å²) in [7, 11) is 0. The van der Waals surface area contributed by atoms with Gasteiger partial charge in [0.25, 0.3) is 0 Å². The fourth-order valence-corrected chi connectivity index (χ4v) is 2.57. The van der Waals surface area contributed by atoms with Crippen LogP contribution in [0.25, 0.3) is 0 Å². The maximum Gasteiger partial charge on any atom is 0.159 e. The molecule has 1 fully saturated rings. The van der Waals surface area contributed by atoms with Gasteiger partial charge >= 0.3 is 0 Å². The number of nitrogens with zero attached hydrogens (tertiary/aromatic N) is 1. The minimum absolute atomic E-state index is 0.0614. The Balaban J connectivity index is 2.32. The Labute approximate surface area is 110 Å². The third kappa shape index (κ3) is 2.81. The third-order valence-electron chi connectivity index (χ3n) is 3.61. The Kier molecular flexibility index (Phi) is 3.86. The number of Topliss-reactive ketones (excluding diaryl/α,β-unsaturated/α-hetero) is 1. The standard InChI is InChI=1S/C16H23NO/c1-16(2,3)15(18)14(17-11-7-8-12-17)13-9-5-4-6-10-13/h4-6,9-10,14H,7-8,11-12H2,1-3H3. The van der Waals surface area contributed by atoms with Gasteiger partial charge in [0.1, 0.15) is 0 Å². The molecule has 98 valence electrons. The van der Waals surface area contributed by atoms with Crippen molar-refractivity contribution in [3.8, 4) is 0 Å². The molecular weight excluding hydrogens is 222 g/mol. The maximum absolute atomic E-state index is 12.7. The first-order chi connectivity index (χ1) is 8.50. The van der Waals surface area contributed by atoms with E-state index in [1.165, 1.54) is 12.8 Å². The lowest BCUT2D eigenvalue weighted by atomic mass is 9.83. The van der Waals surface area contributed by atoms with Crippen molar-refractivity contribution in [1.29, 1.82) is 0 Å². The molecule has 0 radical (unpaired) electrons. The van der Waals surface area contributed by atoms with Gasteiger partial charge in [-0.05, 0) is 31.5 Å². The topological polar surface area (TPSA) is 20.3 Å². The fraction of sp³-hybridized carbons (Fsp3) is 0.562. The molecule has 0 N–H and O–H groups in total. The van der Waals surface area contributed by atoms with Crippen LogP contribution in [0.3, 0.4) is 0 Å². The average Bonchev–Trinajstić information content (AvgIpc) is 2.83. The molecule has 1 aromatic rings. The molecular formula is C16H23NO. The molecule has 2 heteroatoms. The summed E-state index contributed by atoms with van der Waals surface area (Å²) in [6.45, 7) is 8.13. The first-order valence-electron chi connectivity index (χ1n) is 6.83. The predicted octanol–water partition coefficient (Wildman–Crippen LogP) is 3.44. The summed E-state index contributed by atoms with van der Waals surface area (Å²) in [5.41, 5.74) is 0.850. The van der Waals surface area contributed by atoms with Crippen LogP contribution in [0.5, 0.6) is 0 Å². The van der Waals surface area contributed by atoms with Gasteiger partial charge in [0.15, 0.2) is 5.78 Å². The van der Waals surface area contributed by atoms with Gasteiger partial charge in [-0.1, -0.05) is 51.1 Å². The molecule has 1 unspecified atom stereocenters. The van der Waals surface area contributed by atoms with E-state index in [4.69, 9.17) is 0 Å². The number of carbonyl (C=O) groups excluding carboxylic acids is 1. The van der Waals surface area contributed by atoms with Crippen LogP contribution in [0, 0.1) is 5.41 Å². The third-order valence-corrected chi connectivity index (χ3v) is 3.61. The van der Waals surface area contributed by atoms with Crippen molar-refractivity contribution >= 4 is 5.78 Å². The number of ketones is 1. The average molecular weight is 245 g/mol. The Morgan fingerprint density at radius 2 is 1.67 bits per heavy atom. The Morgan fingerprint density at radius 1 is 1.11 bits per heavy atom. The highest BCUT2D eigenvalue weighted by atomic mass is 16.1. The summed E-state index contributed by atoms with van der Waals surface area (Å²) >= 11 is 0. The summed E-state index contributed by atoms with van der Waals surface area (Å²) in [6.07, 6.45) is 2.42. The van der Waals surface area contributed by atoms with Crippen molar-refractivity contribution < 1.29 is 4.79 Å². The summed E-state index contributed by atoms with van der Waals surface area (Å²) in [4.78, 5) is 15.0. The first kappa shape index (κ1) is 13.3. The second-order valence-corrected chi connectivity index (χ2v) is 6.17. The van der Waals surface area contributed by atoms with E-state index in [1.807, 2.05) is 39.0 Å². The molecule has 1 aromatic carbocycles. The van der Waals surface area contributed by atoms with Crippen LogP contribution in [0.1, 0.15) is 45.2 Å². The van der Waals surface area contributed by atoms with Crippen LogP contribution < -0.4 is 0 Å². The minimum Gasteiger partial charge on any atom is -0.297 e. The number of carbonyl (C=O) groups is 1. The molecule has 1 atom stereocenters. The minimum atomic E-state index is -0.289. The Bertz CT molecular complexity index is 399. The molecule has 0 spiro atoms. The van der Waals surface area contributed by atoms with Gasteiger partial charge in [0.2, 0.25) is 0 Å². The molecule has 0 amide bonds. The van der Waals surface area contributed by atoms with Crippen molar-refractivity contribution in [3.63, 3.8) is 0 Å². The molecule has 18 heavy (non-hydrogen) atoms. The van der Waals surface area contributed by atoms with Crippen molar-refractivity contribution in [3.05, 3.63) is 35.9 Å². The highest BCUT2D eigenvalue weighted by Gasteiger charge is 2.35. The van der Waals surface area contributed by atoms with E-state index in [-0.39, 0.29) is 11.5 Å². The zero-order valence-electron chi connectivity index (χ0n) is 11.6. The van der Waals surface area contributed by atoms with E-state index in [0.29, 0.717) is 5.78 Å². The van der Waals surface area contributed by atoms with Crippen LogP contribution >= 0.6 is 0 Å². The van der Waals surface area contributed by atoms with Crippen molar-refractivity contribution in [2.45, 2.75) is 39.7 Å². The highest BCUT2D eigenvalue weighted by molar-refractivity contribution is 5.89. The SMILES string of the molecule is CC(C)(C)C(=O)C(c1ccccc1)N1CCCC1. The summed E-state index contributed by atoms with van der Waals surface area (Å²) < 4.78 is 0. The van der Waals surface area contributed by atoms with Gasteiger partial charge in [-0.25, -0.2) is 0 Å². The highest BCUT2D eigenvalue weighted by Crippen LogP contribution is 2.32. The number of likely N-dealkylation sites (tertiary alicyclic amines) is 1. The van der Waals surface area contributed by atoms with Crippen LogP contribution in [-0.2, 0) is 4.79 Å². The molecule has 2 rings (SSSR count). The fourth-order valence-electron chi connectivity index (χ4n) is 2.57. The van der Waals surface area contributed by atoms with Gasteiger partial charge < -0.3 is 0 Å². The smallest absolute Gasteiger partial charge is 0.159 e. The van der Waals surface area contributed by atoms with Gasteiger partial charge in [0.05, 0.1) is 6.04 Å². The molecule has 1 aliphatic heterocycles. The number of rotatable bonds is 3. The molecule has 1 aliphatic rings. The Hall–Kier alpha value is -1.15.